The van der Waals surface area contributed by atoms with E-state index in [9.17, 15) is 4.79 Å². The number of benzene rings is 1. The van der Waals surface area contributed by atoms with Crippen molar-refractivity contribution in [1.29, 1.82) is 0 Å². The first kappa shape index (κ1) is 12.1. The Kier molecular flexibility index (Phi) is 4.41. The van der Waals surface area contributed by atoms with E-state index in [1.807, 2.05) is 6.92 Å². The molecule has 1 aromatic carbocycles. The number of rotatable bonds is 1. The van der Waals surface area contributed by atoms with Crippen LogP contribution in [0.15, 0.2) is 24.3 Å². The number of nitrogen functional groups attached to an aromatic ring is 1. The molecule has 0 atom stereocenters. The van der Waals surface area contributed by atoms with Gasteiger partial charge in [0.05, 0.1) is 5.56 Å². The standard InChI is InChI=1S/C7H7NO2.C6H8/c8-6-4-2-1-3-5(6)7(9)10;1-2-3-6-4-5-6/h1-4H,8H2,(H,9,10);6H,4-5H2,1H3. The molecule has 0 heterocycles. The summed E-state index contributed by atoms with van der Waals surface area (Å²) in [4.78, 5) is 10.3. The third kappa shape index (κ3) is 4.05. The highest BCUT2D eigenvalue weighted by Crippen LogP contribution is 2.27. The van der Waals surface area contributed by atoms with Crippen molar-refractivity contribution < 1.29 is 9.90 Å². The summed E-state index contributed by atoms with van der Waals surface area (Å²) in [6, 6.07) is 6.36. The second kappa shape index (κ2) is 5.82. The maximum absolute atomic E-state index is 10.3. The predicted octanol–water partition coefficient (Wildman–Crippen LogP) is 2.39. The molecule has 1 saturated carbocycles. The van der Waals surface area contributed by atoms with E-state index in [4.69, 9.17) is 10.8 Å². The Morgan fingerprint density at radius 2 is 2.06 bits per heavy atom. The Morgan fingerprint density at radius 3 is 2.38 bits per heavy atom. The molecule has 16 heavy (non-hydrogen) atoms. The third-order valence-corrected chi connectivity index (χ3v) is 2.12. The molecule has 0 radical (unpaired) electrons. The van der Waals surface area contributed by atoms with E-state index in [2.05, 4.69) is 11.8 Å². The van der Waals surface area contributed by atoms with Crippen molar-refractivity contribution in [2.45, 2.75) is 19.8 Å². The number of aromatic carboxylic acids is 1. The molecule has 0 spiro atoms. The van der Waals surface area contributed by atoms with Crippen LogP contribution in [-0.4, -0.2) is 11.1 Å². The summed E-state index contributed by atoms with van der Waals surface area (Å²) in [5.41, 5.74) is 5.80. The normalized spacial score (nSPS) is 12.8. The predicted molar refractivity (Wildman–Crippen MR) is 64.0 cm³/mol. The maximum atomic E-state index is 10.3. The zero-order chi connectivity index (χ0) is 12.0. The van der Waals surface area contributed by atoms with Gasteiger partial charge < -0.3 is 10.8 Å². The SMILES string of the molecule is CC#CC1CC1.Nc1ccccc1C(=O)O. The molecule has 2 rings (SSSR count). The van der Waals surface area contributed by atoms with Gasteiger partial charge in [-0.1, -0.05) is 12.1 Å². The quantitative estimate of drug-likeness (QED) is 0.560. The van der Waals surface area contributed by atoms with E-state index in [1.165, 1.54) is 18.9 Å². The molecule has 1 aliphatic carbocycles. The van der Waals surface area contributed by atoms with Crippen LogP contribution < -0.4 is 5.73 Å². The van der Waals surface area contributed by atoms with Crippen LogP contribution in [-0.2, 0) is 0 Å². The Morgan fingerprint density at radius 1 is 1.44 bits per heavy atom. The molecule has 3 nitrogen and oxygen atoms in total. The van der Waals surface area contributed by atoms with Crippen LogP contribution in [0.4, 0.5) is 5.69 Å². The first-order chi connectivity index (χ1) is 7.65. The van der Waals surface area contributed by atoms with Crippen molar-refractivity contribution in [2.75, 3.05) is 5.73 Å². The molecule has 84 valence electrons. The van der Waals surface area contributed by atoms with E-state index in [-0.39, 0.29) is 5.56 Å². The zero-order valence-corrected chi connectivity index (χ0v) is 9.23. The Labute approximate surface area is 95.3 Å². The molecule has 3 heteroatoms. The number of carboxylic acid groups (broad SMARTS) is 1. The molecule has 1 aliphatic rings. The van der Waals surface area contributed by atoms with Crippen LogP contribution in [0.3, 0.4) is 0 Å². The molecule has 3 N–H and O–H groups in total. The molecule has 1 fully saturated rings. The molecule has 0 bridgehead atoms. The lowest BCUT2D eigenvalue weighted by atomic mass is 10.2. The van der Waals surface area contributed by atoms with E-state index >= 15 is 0 Å². The minimum absolute atomic E-state index is 0.155. The van der Waals surface area contributed by atoms with E-state index in [1.54, 1.807) is 18.2 Å². The highest BCUT2D eigenvalue weighted by atomic mass is 16.4. The average Bonchev–Trinajstić information content (AvgIpc) is 3.03. The Balaban J connectivity index is 0.000000181. The van der Waals surface area contributed by atoms with Crippen molar-refractivity contribution in [3.8, 4) is 11.8 Å². The molecule has 0 unspecified atom stereocenters. The van der Waals surface area contributed by atoms with Crippen LogP contribution in [0.5, 0.6) is 0 Å². The molecular formula is C13H15NO2. The fourth-order valence-electron chi connectivity index (χ4n) is 1.12. The summed E-state index contributed by atoms with van der Waals surface area (Å²) < 4.78 is 0. The molecule has 0 aromatic heterocycles. The fraction of sp³-hybridized carbons (Fsp3) is 0.308. The maximum Gasteiger partial charge on any atom is 0.337 e. The average molecular weight is 217 g/mol. The van der Waals surface area contributed by atoms with Gasteiger partial charge in [0.1, 0.15) is 0 Å². The van der Waals surface area contributed by atoms with Gasteiger partial charge in [-0.3, -0.25) is 0 Å². The highest BCUT2D eigenvalue weighted by Gasteiger charge is 2.17. The molecule has 0 amide bonds. The number of anilines is 1. The third-order valence-electron chi connectivity index (χ3n) is 2.12. The van der Waals surface area contributed by atoms with Gasteiger partial charge >= 0.3 is 5.97 Å². The van der Waals surface area contributed by atoms with Crippen LogP contribution in [0.25, 0.3) is 0 Å². The van der Waals surface area contributed by atoms with Crippen molar-refractivity contribution in [1.82, 2.24) is 0 Å². The van der Waals surface area contributed by atoms with Gasteiger partial charge in [-0.05, 0) is 31.9 Å². The molecule has 0 aliphatic heterocycles. The number of carbonyl (C=O) groups is 1. The summed E-state index contributed by atoms with van der Waals surface area (Å²) in [7, 11) is 0. The van der Waals surface area contributed by atoms with Crippen molar-refractivity contribution in [2.24, 2.45) is 5.92 Å². The lowest BCUT2D eigenvalue weighted by Crippen LogP contribution is -2.00. The number of hydrogen-bond acceptors (Lipinski definition) is 2. The van der Waals surface area contributed by atoms with Gasteiger partial charge in [-0.2, -0.15) is 0 Å². The largest absolute Gasteiger partial charge is 0.478 e. The number of hydrogen-bond donors (Lipinski definition) is 2. The molecule has 0 saturated heterocycles. The minimum atomic E-state index is -0.988. The fourth-order valence-corrected chi connectivity index (χ4v) is 1.12. The molecule has 1 aromatic rings. The van der Waals surface area contributed by atoms with Crippen molar-refractivity contribution in [3.05, 3.63) is 29.8 Å². The first-order valence-electron chi connectivity index (χ1n) is 5.15. The first-order valence-corrected chi connectivity index (χ1v) is 5.15. The highest BCUT2D eigenvalue weighted by molar-refractivity contribution is 5.93. The Hall–Kier alpha value is -1.95. The molecular weight excluding hydrogens is 202 g/mol. The summed E-state index contributed by atoms with van der Waals surface area (Å²) in [5, 5.41) is 8.49. The van der Waals surface area contributed by atoms with Crippen molar-refractivity contribution >= 4 is 11.7 Å². The van der Waals surface area contributed by atoms with Gasteiger partial charge in [0.25, 0.3) is 0 Å². The van der Waals surface area contributed by atoms with Gasteiger partial charge in [-0.15, -0.1) is 11.8 Å². The van der Waals surface area contributed by atoms with Crippen LogP contribution >= 0.6 is 0 Å². The lowest BCUT2D eigenvalue weighted by Gasteiger charge is -1.96. The number of carboxylic acids is 1. The minimum Gasteiger partial charge on any atom is -0.478 e. The van der Waals surface area contributed by atoms with Crippen LogP contribution in [0.2, 0.25) is 0 Å². The second-order valence-corrected chi connectivity index (χ2v) is 3.56. The van der Waals surface area contributed by atoms with Crippen molar-refractivity contribution in [3.63, 3.8) is 0 Å². The number of para-hydroxylation sites is 1. The summed E-state index contributed by atoms with van der Waals surface area (Å²) in [5.74, 6) is 5.75. The van der Waals surface area contributed by atoms with Crippen LogP contribution in [0, 0.1) is 17.8 Å². The van der Waals surface area contributed by atoms with Gasteiger partial charge in [0.2, 0.25) is 0 Å². The monoisotopic (exact) mass is 217 g/mol. The summed E-state index contributed by atoms with van der Waals surface area (Å²) >= 11 is 0. The van der Waals surface area contributed by atoms with E-state index in [0.29, 0.717) is 5.69 Å². The second-order valence-electron chi connectivity index (χ2n) is 3.56. The summed E-state index contributed by atoms with van der Waals surface area (Å²) in [6.45, 7) is 1.90. The smallest absolute Gasteiger partial charge is 0.337 e. The lowest BCUT2D eigenvalue weighted by molar-refractivity contribution is 0.0698. The van der Waals surface area contributed by atoms with Gasteiger partial charge in [0.15, 0.2) is 0 Å². The Bertz CT molecular complexity index is 425. The van der Waals surface area contributed by atoms with E-state index < -0.39 is 5.97 Å². The number of nitrogens with two attached hydrogens (primary N) is 1. The summed E-state index contributed by atoms with van der Waals surface area (Å²) in [6.07, 6.45) is 2.70. The van der Waals surface area contributed by atoms with Crippen LogP contribution in [0.1, 0.15) is 30.1 Å². The van der Waals surface area contributed by atoms with E-state index in [0.717, 1.165) is 5.92 Å². The topological polar surface area (TPSA) is 63.3 Å². The van der Waals surface area contributed by atoms with Gasteiger partial charge in [0, 0.05) is 11.6 Å². The van der Waals surface area contributed by atoms with Gasteiger partial charge in [-0.25, -0.2) is 4.79 Å². The zero-order valence-electron chi connectivity index (χ0n) is 9.23.